The fourth-order valence-corrected chi connectivity index (χ4v) is 0.825. The Labute approximate surface area is 129 Å². The Balaban J connectivity index is 4.68. The van der Waals surface area contributed by atoms with E-state index in [0.717, 1.165) is 12.4 Å². The third-order valence-electron chi connectivity index (χ3n) is 2.34. The van der Waals surface area contributed by atoms with Crippen LogP contribution in [0, 0.1) is 20.9 Å². The van der Waals surface area contributed by atoms with E-state index in [1.165, 1.54) is 0 Å². The number of rotatable bonds is 5. The molecule has 0 radical (unpaired) electrons. The highest BCUT2D eigenvalue weighted by Gasteiger charge is 2.21. The topological polar surface area (TPSA) is 126 Å². The Morgan fingerprint density at radius 3 is 1.95 bits per heavy atom. The Morgan fingerprint density at radius 2 is 1.55 bits per heavy atom. The maximum Gasteiger partial charge on any atom is 0.306 e. The third kappa shape index (κ3) is 7.36. The van der Waals surface area contributed by atoms with Gasteiger partial charge in [0.1, 0.15) is 6.21 Å². The molecule has 124 valence electrons. The molecule has 0 fully saturated rings. The first kappa shape index (κ1) is 19.6. The molecular formula is C13H23N5O4. The summed E-state index contributed by atoms with van der Waals surface area (Å²) in [5.41, 5.74) is 5.13. The first-order chi connectivity index (χ1) is 9.85. The lowest BCUT2D eigenvalue weighted by atomic mass is 9.96. The number of hydrazone groups is 1. The molecule has 0 aliphatic carbocycles. The Bertz CT molecular complexity index is 498. The van der Waals surface area contributed by atoms with Crippen molar-refractivity contribution in [3.63, 3.8) is 0 Å². The summed E-state index contributed by atoms with van der Waals surface area (Å²) in [6.45, 7) is 10.2. The van der Waals surface area contributed by atoms with Crippen molar-refractivity contribution in [3.8, 4) is 0 Å². The average molecular weight is 313 g/mol. The number of hydrogen-bond acceptors (Lipinski definition) is 6. The van der Waals surface area contributed by atoms with E-state index in [0.29, 0.717) is 0 Å². The van der Waals surface area contributed by atoms with E-state index < -0.39 is 21.5 Å². The molecule has 0 aliphatic heterocycles. The van der Waals surface area contributed by atoms with E-state index in [-0.39, 0.29) is 11.8 Å². The summed E-state index contributed by atoms with van der Waals surface area (Å²) >= 11 is 0. The molecule has 9 nitrogen and oxygen atoms in total. The summed E-state index contributed by atoms with van der Waals surface area (Å²) in [5.74, 6) is -0.704. The van der Waals surface area contributed by atoms with Crippen molar-refractivity contribution in [1.29, 1.82) is 0 Å². The van der Waals surface area contributed by atoms with Crippen molar-refractivity contribution in [2.45, 2.75) is 41.5 Å². The lowest BCUT2D eigenvalue weighted by Crippen LogP contribution is -2.41. The smallest absolute Gasteiger partial charge is 0.299 e. The Morgan fingerprint density at radius 1 is 1.05 bits per heavy atom. The minimum Gasteiger partial charge on any atom is -0.299 e. The predicted octanol–water partition coefficient (Wildman–Crippen LogP) is 0.919. The Hall–Kier alpha value is -2.45. The van der Waals surface area contributed by atoms with Crippen LogP contribution >= 0.6 is 0 Å². The highest BCUT2D eigenvalue weighted by Crippen LogP contribution is 2.12. The van der Waals surface area contributed by atoms with E-state index >= 15 is 0 Å². The van der Waals surface area contributed by atoms with Crippen molar-refractivity contribution < 1.29 is 14.5 Å². The fraction of sp³-hybridized carbons (Fsp3) is 0.615. The van der Waals surface area contributed by atoms with Gasteiger partial charge >= 0.3 is 5.70 Å². The minimum atomic E-state index is -0.705. The van der Waals surface area contributed by atoms with Gasteiger partial charge in [-0.15, -0.1) is 0 Å². The van der Waals surface area contributed by atoms with Gasteiger partial charge in [0.2, 0.25) is 11.8 Å². The zero-order valence-corrected chi connectivity index (χ0v) is 13.7. The van der Waals surface area contributed by atoms with Crippen LogP contribution in [0.1, 0.15) is 41.5 Å². The van der Waals surface area contributed by atoms with E-state index in [9.17, 15) is 19.7 Å². The van der Waals surface area contributed by atoms with Gasteiger partial charge in [-0.1, -0.05) is 41.5 Å². The van der Waals surface area contributed by atoms with Crippen molar-refractivity contribution in [1.82, 2.24) is 16.3 Å². The van der Waals surface area contributed by atoms with Crippen molar-refractivity contribution in [2.24, 2.45) is 15.9 Å². The molecular weight excluding hydrogens is 290 g/mol. The molecule has 0 aromatic carbocycles. The van der Waals surface area contributed by atoms with Gasteiger partial charge in [-0.3, -0.25) is 30.6 Å². The molecule has 0 aromatic rings. The van der Waals surface area contributed by atoms with Crippen molar-refractivity contribution in [3.05, 3.63) is 22.0 Å². The van der Waals surface area contributed by atoms with Gasteiger partial charge in [0, 0.05) is 10.8 Å². The molecule has 0 saturated heterocycles. The van der Waals surface area contributed by atoms with Crippen LogP contribution in [0.15, 0.2) is 17.0 Å². The monoisotopic (exact) mass is 313 g/mol. The normalized spacial score (nSPS) is 12.9. The van der Waals surface area contributed by atoms with Gasteiger partial charge in [0.05, 0.1) is 11.1 Å². The van der Waals surface area contributed by atoms with E-state index in [1.807, 2.05) is 0 Å². The second-order valence-electron chi connectivity index (χ2n) is 6.62. The van der Waals surface area contributed by atoms with E-state index in [1.54, 1.807) is 41.5 Å². The van der Waals surface area contributed by atoms with Gasteiger partial charge < -0.3 is 0 Å². The molecule has 0 spiro atoms. The van der Waals surface area contributed by atoms with Gasteiger partial charge in [0.15, 0.2) is 0 Å². The molecule has 0 rings (SSSR count). The van der Waals surface area contributed by atoms with Crippen molar-refractivity contribution >= 4 is 18.0 Å². The quantitative estimate of drug-likeness (QED) is 0.395. The number of nitro groups is 1. The lowest BCUT2D eigenvalue weighted by molar-refractivity contribution is -0.414. The molecule has 0 atom stereocenters. The molecule has 0 unspecified atom stereocenters. The molecule has 0 aromatic heterocycles. The first-order valence-corrected chi connectivity index (χ1v) is 6.59. The molecule has 0 heterocycles. The molecule has 0 saturated carbocycles. The second kappa shape index (κ2) is 7.53. The molecule has 0 bridgehead atoms. The second-order valence-corrected chi connectivity index (χ2v) is 6.62. The van der Waals surface area contributed by atoms with E-state index in [4.69, 9.17) is 0 Å². The molecule has 0 aliphatic rings. The van der Waals surface area contributed by atoms with Crippen LogP contribution in [-0.2, 0) is 9.59 Å². The average Bonchev–Trinajstić information content (AvgIpc) is 2.33. The number of hydrogen-bond donors (Lipinski definition) is 3. The number of carbonyl (C=O) groups excluding carboxylic acids is 2. The maximum absolute atomic E-state index is 11.6. The number of amides is 2. The van der Waals surface area contributed by atoms with Crippen LogP contribution < -0.4 is 16.3 Å². The first-order valence-electron chi connectivity index (χ1n) is 6.59. The SMILES string of the molecule is CC(C)(C)C(=O)N/N=C\C(=C/NNC(=O)C(C)(C)C)[N+](=O)[O-]. The summed E-state index contributed by atoms with van der Waals surface area (Å²) in [6, 6.07) is 0. The molecule has 2 amide bonds. The van der Waals surface area contributed by atoms with Gasteiger partial charge in [-0.25, -0.2) is 5.43 Å². The number of nitrogens with zero attached hydrogens (tertiary/aromatic N) is 2. The number of nitrogens with one attached hydrogen (secondary N) is 3. The van der Waals surface area contributed by atoms with Crippen LogP contribution in [0.25, 0.3) is 0 Å². The summed E-state index contributed by atoms with van der Waals surface area (Å²) < 4.78 is 0. The van der Waals surface area contributed by atoms with Crippen LogP contribution in [0.3, 0.4) is 0 Å². The zero-order chi connectivity index (χ0) is 17.6. The Kier molecular flexibility index (Phi) is 6.69. The number of allylic oxidation sites excluding steroid dienone is 1. The largest absolute Gasteiger partial charge is 0.306 e. The van der Waals surface area contributed by atoms with Gasteiger partial charge in [0.25, 0.3) is 0 Å². The molecule has 3 N–H and O–H groups in total. The third-order valence-corrected chi connectivity index (χ3v) is 2.34. The van der Waals surface area contributed by atoms with Crippen LogP contribution in [0.4, 0.5) is 0 Å². The minimum absolute atomic E-state index is 0.329. The summed E-state index contributed by atoms with van der Waals surface area (Å²) in [7, 11) is 0. The number of carbonyl (C=O) groups is 2. The van der Waals surface area contributed by atoms with Crippen LogP contribution in [0.2, 0.25) is 0 Å². The summed E-state index contributed by atoms with van der Waals surface area (Å²) in [5, 5.41) is 14.3. The summed E-state index contributed by atoms with van der Waals surface area (Å²) in [6.07, 6.45) is 1.84. The summed E-state index contributed by atoms with van der Waals surface area (Å²) in [4.78, 5) is 33.2. The van der Waals surface area contributed by atoms with Gasteiger partial charge in [-0.2, -0.15) is 5.10 Å². The van der Waals surface area contributed by atoms with Crippen LogP contribution in [-0.4, -0.2) is 23.0 Å². The highest BCUT2D eigenvalue weighted by molar-refractivity contribution is 5.83. The molecule has 22 heavy (non-hydrogen) atoms. The standard InChI is InChI=1S/C13H23N5O4/c1-12(2,3)10(19)16-14-7-9(18(21)22)8-15-17-11(20)13(4,5)6/h7-8,14H,1-6H3,(H,16,19)(H,17,20)/b9-7+,15-8-. The van der Waals surface area contributed by atoms with E-state index in [2.05, 4.69) is 21.4 Å². The highest BCUT2D eigenvalue weighted by atomic mass is 16.6. The number of hydrazine groups is 1. The maximum atomic E-state index is 11.6. The van der Waals surface area contributed by atoms with Crippen LogP contribution in [0.5, 0.6) is 0 Å². The van der Waals surface area contributed by atoms with Crippen molar-refractivity contribution in [2.75, 3.05) is 0 Å². The lowest BCUT2D eigenvalue weighted by Gasteiger charge is -2.16. The fourth-order valence-electron chi connectivity index (χ4n) is 0.825. The van der Waals surface area contributed by atoms with Gasteiger partial charge in [-0.05, 0) is 0 Å². The molecule has 9 heteroatoms. The predicted molar refractivity (Wildman–Crippen MR) is 81.9 cm³/mol. The zero-order valence-electron chi connectivity index (χ0n) is 13.7.